The smallest absolute Gasteiger partial charge is 0.273 e. The number of rotatable bonds is 10. The summed E-state index contributed by atoms with van der Waals surface area (Å²) in [6.07, 6.45) is 3.78. The first-order valence-electron chi connectivity index (χ1n) is 11.3. The Hall–Kier alpha value is -3.19. The van der Waals surface area contributed by atoms with Gasteiger partial charge in [0.25, 0.3) is 5.91 Å². The topological polar surface area (TPSA) is 71.3 Å². The number of halogens is 2. The fourth-order valence-corrected chi connectivity index (χ4v) is 4.07. The Morgan fingerprint density at radius 1 is 1.03 bits per heavy atom. The summed E-state index contributed by atoms with van der Waals surface area (Å²) in [7, 11) is 0. The Balaban J connectivity index is 1.44. The van der Waals surface area contributed by atoms with E-state index in [0.717, 1.165) is 16.8 Å². The monoisotopic (exact) mass is 508 g/mol. The first-order chi connectivity index (χ1) is 17.0. The van der Waals surface area contributed by atoms with Crippen molar-refractivity contribution in [1.82, 2.24) is 20.2 Å². The highest BCUT2D eigenvalue weighted by Gasteiger charge is 2.21. The van der Waals surface area contributed by atoms with Crippen LogP contribution in [0.1, 0.15) is 46.2 Å². The fraction of sp³-hybridized carbons (Fsp3) is 0.222. The predicted octanol–water partition coefficient (Wildman–Crippen LogP) is 6.11. The lowest BCUT2D eigenvalue weighted by atomic mass is 10.1. The van der Waals surface area contributed by atoms with Crippen molar-refractivity contribution in [3.8, 4) is 0 Å². The Kier molecular flexibility index (Phi) is 8.53. The molecule has 0 aliphatic carbocycles. The zero-order valence-electron chi connectivity index (χ0n) is 19.3. The van der Waals surface area contributed by atoms with Gasteiger partial charge in [-0.2, -0.15) is 0 Å². The van der Waals surface area contributed by atoms with Crippen LogP contribution in [0.2, 0.25) is 10.0 Å². The quantitative estimate of drug-likeness (QED) is 0.279. The van der Waals surface area contributed by atoms with Gasteiger partial charge < -0.3 is 9.73 Å². The summed E-state index contributed by atoms with van der Waals surface area (Å²) < 4.78 is 5.67. The number of carbonyl (C=O) groups excluding carboxylic acids is 1. The molecular weight excluding hydrogens is 483 g/mol. The number of pyridine rings is 1. The zero-order valence-corrected chi connectivity index (χ0v) is 20.8. The highest BCUT2D eigenvalue weighted by Crippen LogP contribution is 2.27. The van der Waals surface area contributed by atoms with E-state index in [9.17, 15) is 4.79 Å². The van der Waals surface area contributed by atoms with Crippen molar-refractivity contribution in [3.63, 3.8) is 0 Å². The predicted molar refractivity (Wildman–Crippen MR) is 137 cm³/mol. The lowest BCUT2D eigenvalue weighted by Gasteiger charge is -2.28. The van der Waals surface area contributed by atoms with Crippen LogP contribution in [0, 0.1) is 0 Å². The van der Waals surface area contributed by atoms with E-state index in [1.807, 2.05) is 48.5 Å². The summed E-state index contributed by atoms with van der Waals surface area (Å²) in [4.78, 5) is 23.5. The molecule has 2 aromatic carbocycles. The third-order valence-electron chi connectivity index (χ3n) is 5.71. The summed E-state index contributed by atoms with van der Waals surface area (Å²) in [5.41, 5.74) is 3.34. The average Bonchev–Trinajstić information content (AvgIpc) is 3.35. The molecule has 0 radical (unpaired) electrons. The number of hydrogen-bond acceptors (Lipinski definition) is 5. The van der Waals surface area contributed by atoms with Crippen LogP contribution in [0.25, 0.3) is 0 Å². The van der Waals surface area contributed by atoms with Gasteiger partial charge in [0.2, 0.25) is 5.89 Å². The molecule has 0 spiro atoms. The minimum atomic E-state index is -0.275. The second-order valence-corrected chi connectivity index (χ2v) is 9.01. The van der Waals surface area contributed by atoms with Gasteiger partial charge in [0.05, 0.1) is 16.6 Å². The van der Waals surface area contributed by atoms with Crippen LogP contribution in [0.15, 0.2) is 83.6 Å². The van der Waals surface area contributed by atoms with Crippen LogP contribution >= 0.6 is 23.2 Å². The van der Waals surface area contributed by atoms with Crippen LogP contribution in [0.4, 0.5) is 0 Å². The Labute approximate surface area is 214 Å². The average molecular weight is 509 g/mol. The largest absolute Gasteiger partial charge is 0.447 e. The number of aromatic nitrogens is 2. The SMILES string of the molecule is C[C@@H](c1ccccc1)N(Cc1ccc(Cl)c(Cl)c1)Cc1nc(C(=O)NCCc2ccccn2)co1. The Morgan fingerprint density at radius 3 is 2.57 bits per heavy atom. The first kappa shape index (κ1) is 24.9. The molecule has 0 saturated carbocycles. The summed E-state index contributed by atoms with van der Waals surface area (Å²) in [5, 5.41) is 3.90. The van der Waals surface area contributed by atoms with E-state index < -0.39 is 0 Å². The van der Waals surface area contributed by atoms with Crippen LogP contribution in [0.5, 0.6) is 0 Å². The van der Waals surface area contributed by atoms with E-state index in [4.69, 9.17) is 27.6 Å². The van der Waals surface area contributed by atoms with Crippen molar-refractivity contribution in [2.75, 3.05) is 6.54 Å². The van der Waals surface area contributed by atoms with Gasteiger partial charge in [0, 0.05) is 37.4 Å². The van der Waals surface area contributed by atoms with Crippen molar-refractivity contribution in [1.29, 1.82) is 0 Å². The minimum Gasteiger partial charge on any atom is -0.447 e. The maximum Gasteiger partial charge on any atom is 0.273 e. The van der Waals surface area contributed by atoms with Crippen LogP contribution in [-0.4, -0.2) is 27.3 Å². The zero-order chi connectivity index (χ0) is 24.6. The van der Waals surface area contributed by atoms with E-state index in [-0.39, 0.29) is 17.6 Å². The standard InChI is InChI=1S/C27H26Cl2N4O2/c1-19(21-7-3-2-4-8-21)33(16-20-10-11-23(28)24(29)15-20)17-26-32-25(18-35-26)27(34)31-14-12-22-9-5-6-13-30-22/h2-11,13,15,18-19H,12,14,16-17H2,1H3,(H,31,34)/t19-/m0/s1. The number of nitrogens with zero attached hydrogens (tertiary/aromatic N) is 3. The van der Waals surface area contributed by atoms with Gasteiger partial charge in [-0.1, -0.05) is 65.7 Å². The maximum absolute atomic E-state index is 12.6. The first-order valence-corrected chi connectivity index (χ1v) is 12.1. The fourth-order valence-electron chi connectivity index (χ4n) is 3.75. The van der Waals surface area contributed by atoms with E-state index in [2.05, 4.69) is 39.2 Å². The van der Waals surface area contributed by atoms with Gasteiger partial charge >= 0.3 is 0 Å². The highest BCUT2D eigenvalue weighted by molar-refractivity contribution is 6.42. The lowest BCUT2D eigenvalue weighted by Crippen LogP contribution is -2.27. The van der Waals surface area contributed by atoms with Crippen molar-refractivity contribution >= 4 is 29.1 Å². The third kappa shape index (κ3) is 6.92. The van der Waals surface area contributed by atoms with Gasteiger partial charge in [-0.3, -0.25) is 14.7 Å². The van der Waals surface area contributed by atoms with Gasteiger partial charge in [-0.15, -0.1) is 0 Å². The third-order valence-corrected chi connectivity index (χ3v) is 6.45. The van der Waals surface area contributed by atoms with Crippen LogP contribution < -0.4 is 5.32 Å². The molecule has 1 N–H and O–H groups in total. The molecule has 4 aromatic rings. The summed E-state index contributed by atoms with van der Waals surface area (Å²) >= 11 is 12.3. The summed E-state index contributed by atoms with van der Waals surface area (Å²) in [6, 6.07) is 21.6. The van der Waals surface area contributed by atoms with Crippen molar-refractivity contribution < 1.29 is 9.21 Å². The summed E-state index contributed by atoms with van der Waals surface area (Å²) in [6.45, 7) is 3.60. The molecule has 2 aromatic heterocycles. The summed E-state index contributed by atoms with van der Waals surface area (Å²) in [5.74, 6) is 0.186. The molecule has 0 fully saturated rings. The number of oxazole rings is 1. The number of nitrogens with one attached hydrogen (secondary N) is 1. The second-order valence-electron chi connectivity index (χ2n) is 8.19. The van der Waals surface area contributed by atoms with Crippen LogP contribution in [-0.2, 0) is 19.5 Å². The second kappa shape index (κ2) is 12.0. The van der Waals surface area contributed by atoms with E-state index in [1.165, 1.54) is 6.26 Å². The number of benzene rings is 2. The number of carbonyl (C=O) groups is 1. The number of hydrogen-bond donors (Lipinski definition) is 1. The van der Waals surface area contributed by atoms with Crippen molar-refractivity contribution in [3.05, 3.63) is 118 Å². The molecule has 2 heterocycles. The molecule has 35 heavy (non-hydrogen) atoms. The maximum atomic E-state index is 12.6. The molecular formula is C27H26Cl2N4O2. The lowest BCUT2D eigenvalue weighted by molar-refractivity contribution is 0.0949. The Morgan fingerprint density at radius 2 is 1.83 bits per heavy atom. The molecule has 0 bridgehead atoms. The molecule has 0 aliphatic rings. The normalized spacial score (nSPS) is 12.0. The van der Waals surface area contributed by atoms with Gasteiger partial charge in [0.15, 0.2) is 5.69 Å². The molecule has 1 amide bonds. The molecule has 0 unspecified atom stereocenters. The van der Waals surface area contributed by atoms with Crippen LogP contribution in [0.3, 0.4) is 0 Å². The van der Waals surface area contributed by atoms with Crippen molar-refractivity contribution in [2.24, 2.45) is 0 Å². The van der Waals surface area contributed by atoms with Gasteiger partial charge in [0.1, 0.15) is 6.26 Å². The molecule has 1 atom stereocenters. The minimum absolute atomic E-state index is 0.0632. The molecule has 0 saturated heterocycles. The van der Waals surface area contributed by atoms with Gasteiger partial charge in [-0.05, 0) is 42.3 Å². The van der Waals surface area contributed by atoms with Gasteiger partial charge in [-0.25, -0.2) is 4.98 Å². The highest BCUT2D eigenvalue weighted by atomic mass is 35.5. The molecule has 8 heteroatoms. The molecule has 6 nitrogen and oxygen atoms in total. The molecule has 180 valence electrons. The van der Waals surface area contributed by atoms with E-state index in [1.54, 1.807) is 12.3 Å². The van der Waals surface area contributed by atoms with E-state index in [0.29, 0.717) is 42.0 Å². The molecule has 0 aliphatic heterocycles. The van der Waals surface area contributed by atoms with E-state index >= 15 is 0 Å². The Bertz CT molecular complexity index is 1250. The van der Waals surface area contributed by atoms with Crippen molar-refractivity contribution in [2.45, 2.75) is 32.5 Å². The molecule has 4 rings (SSSR count). The number of amides is 1.